The number of carbonyl (C=O) groups is 1. The van der Waals surface area contributed by atoms with E-state index in [1.165, 1.54) is 17.2 Å². The van der Waals surface area contributed by atoms with Gasteiger partial charge in [-0.1, -0.05) is 79.0 Å². The maximum absolute atomic E-state index is 12.1. The van der Waals surface area contributed by atoms with E-state index in [0.717, 1.165) is 34.6 Å². The minimum absolute atomic E-state index is 0.152. The van der Waals surface area contributed by atoms with Crippen LogP contribution in [0.4, 0.5) is 0 Å². The van der Waals surface area contributed by atoms with Crippen LogP contribution >= 0.6 is 0 Å². The van der Waals surface area contributed by atoms with Gasteiger partial charge in [-0.15, -0.1) is 0 Å². The number of amides is 1. The molecule has 1 amide bonds. The minimum Gasteiger partial charge on any atom is -0.616 e. The van der Waals surface area contributed by atoms with Crippen LogP contribution in [0.25, 0.3) is 6.08 Å². The van der Waals surface area contributed by atoms with Gasteiger partial charge >= 0.3 is 0 Å². The van der Waals surface area contributed by atoms with Crippen molar-refractivity contribution in [1.82, 2.24) is 0 Å². The molecule has 3 nitrogen and oxygen atoms in total. The highest BCUT2D eigenvalue weighted by atomic mass is 32.2. The molecule has 2 aliphatic carbocycles. The van der Waals surface area contributed by atoms with Gasteiger partial charge in [0.2, 0.25) is 0 Å². The normalized spacial score (nSPS) is 17.3. The third kappa shape index (κ3) is 5.91. The fourth-order valence-electron chi connectivity index (χ4n) is 3.12. The first-order valence-electron chi connectivity index (χ1n) is 9.12. The van der Waals surface area contributed by atoms with Crippen molar-refractivity contribution in [2.24, 2.45) is 4.99 Å². The van der Waals surface area contributed by atoms with Crippen LogP contribution in [-0.2, 0) is 16.0 Å². The predicted molar refractivity (Wildman–Crippen MR) is 117 cm³/mol. The van der Waals surface area contributed by atoms with Gasteiger partial charge in [0.05, 0.1) is 5.36 Å². The van der Waals surface area contributed by atoms with Gasteiger partial charge in [-0.05, 0) is 41.2 Å². The molecule has 0 unspecified atom stereocenters. The van der Waals surface area contributed by atoms with Gasteiger partial charge in [-0.25, -0.2) is 4.99 Å². The summed E-state index contributed by atoms with van der Waals surface area (Å²) >= 11 is -0.832. The highest BCUT2D eigenvalue weighted by Gasteiger charge is 2.15. The number of benzene rings is 1. The number of hydrogen-bond acceptors (Lipinski definition) is 2. The van der Waals surface area contributed by atoms with Crippen molar-refractivity contribution < 1.29 is 9.35 Å². The lowest BCUT2D eigenvalue weighted by Gasteiger charge is -2.17. The molecule has 4 rings (SSSR count). The predicted octanol–water partition coefficient (Wildman–Crippen LogP) is 3.25. The highest BCUT2D eigenvalue weighted by molar-refractivity contribution is 7.91. The number of rotatable bonds is 4. The minimum atomic E-state index is -0.832. The van der Waals surface area contributed by atoms with Crippen molar-refractivity contribution >= 4 is 23.2 Å². The molecule has 0 aromatic heterocycles. The standard InChI is InChI=1S/C16H18OS.C8H5NO/c1-13-5-3-7-15(9-13)11-18(17)12-16-8-4-6-14(2)10-16;10-8-5-6-3-1-2-4-7(6)9-8/h3-8H,1-2,9-12H2;1-5H. The molecule has 0 atom stereocenters. The SMILES string of the molecule is C=C1C=CC=C(C[S+]([O-])CC2=CC=CC(=C)C2)C1.O=C1C=c2ccccc2=N1. The van der Waals surface area contributed by atoms with E-state index in [-0.39, 0.29) is 5.91 Å². The smallest absolute Gasteiger partial charge is 0.270 e. The lowest BCUT2D eigenvalue weighted by molar-refractivity contribution is -0.112. The van der Waals surface area contributed by atoms with Gasteiger partial charge < -0.3 is 4.55 Å². The summed E-state index contributed by atoms with van der Waals surface area (Å²) < 4.78 is 12.1. The van der Waals surface area contributed by atoms with Gasteiger partial charge in [0.15, 0.2) is 0 Å². The zero-order valence-corrected chi connectivity index (χ0v) is 16.6. The van der Waals surface area contributed by atoms with E-state index in [4.69, 9.17) is 0 Å². The molecule has 0 fully saturated rings. The summed E-state index contributed by atoms with van der Waals surface area (Å²) in [6.07, 6.45) is 15.3. The van der Waals surface area contributed by atoms with E-state index in [1.807, 2.05) is 48.6 Å². The first-order chi connectivity index (χ1) is 13.5. The summed E-state index contributed by atoms with van der Waals surface area (Å²) in [5.74, 6) is 1.15. The highest BCUT2D eigenvalue weighted by Crippen LogP contribution is 2.21. The van der Waals surface area contributed by atoms with Crippen LogP contribution < -0.4 is 10.6 Å². The van der Waals surface area contributed by atoms with E-state index < -0.39 is 11.2 Å². The van der Waals surface area contributed by atoms with E-state index >= 15 is 0 Å². The second kappa shape index (κ2) is 9.49. The van der Waals surface area contributed by atoms with Gasteiger partial charge in [-0.3, -0.25) is 4.79 Å². The molecular weight excluding hydrogens is 366 g/mol. The van der Waals surface area contributed by atoms with Gasteiger partial charge in [0.25, 0.3) is 5.91 Å². The second-order valence-electron chi connectivity index (χ2n) is 6.92. The van der Waals surface area contributed by atoms with Crippen molar-refractivity contribution in [3.05, 3.63) is 107 Å². The fourth-order valence-corrected chi connectivity index (χ4v) is 4.44. The molecule has 1 aliphatic heterocycles. The molecule has 0 saturated heterocycles. The molecule has 1 aromatic rings. The summed E-state index contributed by atoms with van der Waals surface area (Å²) in [6.45, 7) is 7.88. The summed E-state index contributed by atoms with van der Waals surface area (Å²) in [7, 11) is 0. The van der Waals surface area contributed by atoms with Gasteiger partial charge in [-0.2, -0.15) is 0 Å². The molecule has 3 aliphatic rings. The first kappa shape index (κ1) is 20.1. The molecule has 0 N–H and O–H groups in total. The van der Waals surface area contributed by atoms with Gasteiger partial charge in [0, 0.05) is 11.3 Å². The molecule has 28 heavy (non-hydrogen) atoms. The monoisotopic (exact) mass is 389 g/mol. The second-order valence-corrected chi connectivity index (χ2v) is 8.38. The van der Waals surface area contributed by atoms with Crippen LogP contribution in [0.1, 0.15) is 12.8 Å². The lowest BCUT2D eigenvalue weighted by Crippen LogP contribution is -2.19. The van der Waals surface area contributed by atoms with Gasteiger partial charge in [0.1, 0.15) is 11.5 Å². The molecule has 1 aromatic carbocycles. The Morgan fingerprint density at radius 3 is 2.07 bits per heavy atom. The van der Waals surface area contributed by atoms with Crippen LogP contribution in [0.15, 0.2) is 101 Å². The Balaban J connectivity index is 0.000000188. The Hall–Kier alpha value is -2.69. The number of hydrogen-bond donors (Lipinski definition) is 0. The summed E-state index contributed by atoms with van der Waals surface area (Å²) in [5.41, 5.74) is 4.62. The molecule has 142 valence electrons. The van der Waals surface area contributed by atoms with Crippen LogP contribution in [0, 0.1) is 0 Å². The fraction of sp³-hybridized carbons (Fsp3) is 0.167. The Morgan fingerprint density at radius 2 is 1.54 bits per heavy atom. The number of allylic oxidation sites excluding steroid dienone is 8. The molecule has 4 heteroatoms. The third-order valence-electron chi connectivity index (χ3n) is 4.38. The largest absolute Gasteiger partial charge is 0.616 e. The van der Waals surface area contributed by atoms with Crippen molar-refractivity contribution in [1.29, 1.82) is 0 Å². The Labute approximate surface area is 168 Å². The van der Waals surface area contributed by atoms with E-state index in [2.05, 4.69) is 30.3 Å². The zero-order valence-electron chi connectivity index (χ0n) is 15.8. The molecule has 1 heterocycles. The van der Waals surface area contributed by atoms with E-state index in [0.29, 0.717) is 11.5 Å². The Kier molecular flexibility index (Phi) is 6.80. The lowest BCUT2D eigenvalue weighted by atomic mass is 10.0. The molecule has 0 saturated carbocycles. The van der Waals surface area contributed by atoms with Crippen LogP contribution in [-0.4, -0.2) is 22.0 Å². The van der Waals surface area contributed by atoms with Crippen molar-refractivity contribution in [2.75, 3.05) is 11.5 Å². The van der Waals surface area contributed by atoms with E-state index in [1.54, 1.807) is 0 Å². The molecular formula is C24H23NO2S. The maximum atomic E-state index is 12.1. The molecule has 0 radical (unpaired) electrons. The zero-order chi connectivity index (χ0) is 19.9. The Bertz CT molecular complexity index is 960. The Morgan fingerprint density at radius 1 is 0.964 bits per heavy atom. The average Bonchev–Trinajstić information content (AvgIpc) is 3.02. The van der Waals surface area contributed by atoms with Crippen LogP contribution in [0.3, 0.4) is 0 Å². The first-order valence-corrected chi connectivity index (χ1v) is 10.6. The maximum Gasteiger partial charge on any atom is 0.270 e. The number of para-hydroxylation sites is 1. The number of carbonyl (C=O) groups excluding carboxylic acids is 1. The van der Waals surface area contributed by atoms with Crippen LogP contribution in [0.2, 0.25) is 0 Å². The van der Waals surface area contributed by atoms with Crippen molar-refractivity contribution in [2.45, 2.75) is 12.8 Å². The van der Waals surface area contributed by atoms with E-state index in [9.17, 15) is 9.35 Å². The summed E-state index contributed by atoms with van der Waals surface area (Å²) in [4.78, 5) is 14.4. The average molecular weight is 390 g/mol. The number of fused-ring (bicyclic) bond motifs is 1. The van der Waals surface area contributed by atoms with Crippen molar-refractivity contribution in [3.8, 4) is 0 Å². The quantitative estimate of drug-likeness (QED) is 0.743. The third-order valence-corrected chi connectivity index (χ3v) is 5.76. The molecule has 0 spiro atoms. The topological polar surface area (TPSA) is 52.5 Å². The summed E-state index contributed by atoms with van der Waals surface area (Å²) in [6, 6.07) is 7.47. The van der Waals surface area contributed by atoms with Crippen molar-refractivity contribution in [3.63, 3.8) is 0 Å². The van der Waals surface area contributed by atoms with Crippen LogP contribution in [0.5, 0.6) is 0 Å². The summed E-state index contributed by atoms with van der Waals surface area (Å²) in [5, 5.41) is 1.71. The number of nitrogens with zero attached hydrogens (tertiary/aromatic N) is 1. The molecule has 0 bridgehead atoms.